The highest BCUT2D eigenvalue weighted by Gasteiger charge is 2.28. The summed E-state index contributed by atoms with van der Waals surface area (Å²) in [5.74, 6) is 0.0101. The molecule has 1 saturated heterocycles. The Hall–Kier alpha value is -2.53. The van der Waals surface area contributed by atoms with Gasteiger partial charge >= 0.3 is 0 Å². The van der Waals surface area contributed by atoms with E-state index in [1.54, 1.807) is 12.1 Å². The van der Waals surface area contributed by atoms with Gasteiger partial charge in [-0.15, -0.1) is 0 Å². The Morgan fingerprint density at radius 1 is 1.00 bits per heavy atom. The third kappa shape index (κ3) is 5.76. The summed E-state index contributed by atoms with van der Waals surface area (Å²) in [6, 6.07) is 13.5. The number of halogens is 1. The quantitative estimate of drug-likeness (QED) is 0.685. The van der Waals surface area contributed by atoms with Gasteiger partial charge in [0.25, 0.3) is 5.91 Å². The maximum atomic E-state index is 13.1. The lowest BCUT2D eigenvalue weighted by molar-refractivity contribution is 0.0811. The van der Waals surface area contributed by atoms with Gasteiger partial charge in [0.15, 0.2) is 5.78 Å². The van der Waals surface area contributed by atoms with E-state index in [-0.39, 0.29) is 29.5 Å². The van der Waals surface area contributed by atoms with Crippen LogP contribution in [-0.2, 0) is 0 Å². The van der Waals surface area contributed by atoms with Crippen LogP contribution in [0.5, 0.6) is 0 Å². The van der Waals surface area contributed by atoms with E-state index >= 15 is 0 Å². The zero-order valence-corrected chi connectivity index (χ0v) is 18.0. The monoisotopic (exact) mass is 410 g/mol. The highest BCUT2D eigenvalue weighted by atomic mass is 19.1. The van der Waals surface area contributed by atoms with Gasteiger partial charge in [0.05, 0.1) is 0 Å². The summed E-state index contributed by atoms with van der Waals surface area (Å²) in [6.45, 7) is 8.65. The van der Waals surface area contributed by atoms with Crippen LogP contribution < -0.4 is 5.32 Å². The summed E-state index contributed by atoms with van der Waals surface area (Å²) in [6.07, 6.45) is 1.57. The number of Topliss-reactive ketones (excluding diaryl/α,β-unsaturated/α-hetero) is 1. The van der Waals surface area contributed by atoms with Crippen molar-refractivity contribution < 1.29 is 14.0 Å². The number of ketones is 1. The number of nitrogens with zero attached hydrogens (tertiary/aromatic N) is 1. The second-order valence-electron chi connectivity index (χ2n) is 8.64. The van der Waals surface area contributed by atoms with E-state index in [9.17, 15) is 14.0 Å². The van der Waals surface area contributed by atoms with Gasteiger partial charge in [-0.1, -0.05) is 31.5 Å². The van der Waals surface area contributed by atoms with E-state index in [0.717, 1.165) is 38.0 Å². The van der Waals surface area contributed by atoms with Crippen molar-refractivity contribution in [1.29, 1.82) is 0 Å². The molecule has 0 radical (unpaired) electrons. The lowest BCUT2D eigenvalue weighted by Gasteiger charge is -2.35. The standard InChI is InChI=1S/C25H31FN2O2/c1-17(2)23(27-25(30)21-6-4-18(3)5-7-21)16-28-14-12-20(13-15-28)24(29)19-8-10-22(26)11-9-19/h4-11,17,20,23H,12-16H2,1-3H3,(H,27,30). The van der Waals surface area contributed by atoms with Crippen LogP contribution in [-0.4, -0.2) is 42.3 Å². The van der Waals surface area contributed by atoms with Crippen LogP contribution in [0.3, 0.4) is 0 Å². The Balaban J connectivity index is 1.53. The first-order valence-electron chi connectivity index (χ1n) is 10.7. The number of amides is 1. The second kappa shape index (κ2) is 9.98. The van der Waals surface area contributed by atoms with E-state index in [1.807, 2.05) is 31.2 Å². The predicted octanol–water partition coefficient (Wildman–Crippen LogP) is 4.48. The fraction of sp³-hybridized carbons (Fsp3) is 0.440. The van der Waals surface area contributed by atoms with Crippen LogP contribution in [0.25, 0.3) is 0 Å². The summed E-state index contributed by atoms with van der Waals surface area (Å²) >= 11 is 0. The average molecular weight is 411 g/mol. The van der Waals surface area contributed by atoms with Gasteiger partial charge in [-0.05, 0) is 75.2 Å². The number of hydrogen-bond acceptors (Lipinski definition) is 3. The van der Waals surface area contributed by atoms with Crippen LogP contribution >= 0.6 is 0 Å². The minimum atomic E-state index is -0.325. The van der Waals surface area contributed by atoms with Crippen molar-refractivity contribution in [2.75, 3.05) is 19.6 Å². The van der Waals surface area contributed by atoms with Crippen molar-refractivity contribution in [3.63, 3.8) is 0 Å². The number of carbonyl (C=O) groups is 2. The smallest absolute Gasteiger partial charge is 0.251 e. The van der Waals surface area contributed by atoms with E-state index < -0.39 is 0 Å². The Bertz CT molecular complexity index is 854. The van der Waals surface area contributed by atoms with Gasteiger partial charge in [-0.2, -0.15) is 0 Å². The van der Waals surface area contributed by atoms with Crippen molar-refractivity contribution >= 4 is 11.7 Å². The molecular weight excluding hydrogens is 379 g/mol. The molecule has 1 atom stereocenters. The number of likely N-dealkylation sites (tertiary alicyclic amines) is 1. The van der Waals surface area contributed by atoms with Crippen molar-refractivity contribution in [3.8, 4) is 0 Å². The Kier molecular flexibility index (Phi) is 7.38. The fourth-order valence-corrected chi connectivity index (χ4v) is 3.89. The Morgan fingerprint density at radius 3 is 2.13 bits per heavy atom. The molecule has 0 bridgehead atoms. The van der Waals surface area contributed by atoms with Gasteiger partial charge in [-0.3, -0.25) is 9.59 Å². The molecule has 30 heavy (non-hydrogen) atoms. The lowest BCUT2D eigenvalue weighted by atomic mass is 9.88. The molecule has 2 aromatic rings. The first kappa shape index (κ1) is 22.2. The molecule has 0 spiro atoms. The van der Waals surface area contributed by atoms with E-state index in [0.29, 0.717) is 17.0 Å². The molecule has 1 aliphatic heterocycles. The normalized spacial score (nSPS) is 16.4. The fourth-order valence-electron chi connectivity index (χ4n) is 3.89. The number of carbonyl (C=O) groups excluding carboxylic acids is 2. The second-order valence-corrected chi connectivity index (χ2v) is 8.64. The van der Waals surface area contributed by atoms with Crippen molar-refractivity contribution in [2.45, 2.75) is 39.7 Å². The first-order chi connectivity index (χ1) is 14.3. The summed E-state index contributed by atoms with van der Waals surface area (Å²) < 4.78 is 13.1. The number of hydrogen-bond donors (Lipinski definition) is 1. The zero-order valence-electron chi connectivity index (χ0n) is 18.0. The number of piperidine rings is 1. The molecule has 3 rings (SSSR count). The molecule has 1 unspecified atom stereocenters. The Labute approximate surface area is 178 Å². The molecule has 1 heterocycles. The number of nitrogens with one attached hydrogen (secondary N) is 1. The summed E-state index contributed by atoms with van der Waals surface area (Å²) in [5, 5.41) is 3.18. The molecule has 1 amide bonds. The highest BCUT2D eigenvalue weighted by Crippen LogP contribution is 2.23. The van der Waals surface area contributed by atoms with Gasteiger partial charge in [0, 0.05) is 29.6 Å². The van der Waals surface area contributed by atoms with Crippen molar-refractivity contribution in [2.24, 2.45) is 11.8 Å². The van der Waals surface area contributed by atoms with E-state index in [2.05, 4.69) is 24.1 Å². The van der Waals surface area contributed by atoms with Crippen LogP contribution in [0.2, 0.25) is 0 Å². The van der Waals surface area contributed by atoms with Gasteiger partial charge in [-0.25, -0.2) is 4.39 Å². The average Bonchev–Trinajstić information content (AvgIpc) is 2.74. The molecular formula is C25H31FN2O2. The van der Waals surface area contributed by atoms with Crippen LogP contribution in [0.4, 0.5) is 4.39 Å². The molecule has 1 fully saturated rings. The third-order valence-corrected chi connectivity index (χ3v) is 5.98. The van der Waals surface area contributed by atoms with Gasteiger partial charge in [0.2, 0.25) is 0 Å². The Morgan fingerprint density at radius 2 is 1.57 bits per heavy atom. The largest absolute Gasteiger partial charge is 0.348 e. The minimum absolute atomic E-state index is 0.0219. The highest BCUT2D eigenvalue weighted by molar-refractivity contribution is 5.97. The van der Waals surface area contributed by atoms with Gasteiger partial charge in [0.1, 0.15) is 5.82 Å². The summed E-state index contributed by atoms with van der Waals surface area (Å²) in [7, 11) is 0. The molecule has 4 nitrogen and oxygen atoms in total. The van der Waals surface area contributed by atoms with E-state index in [4.69, 9.17) is 0 Å². The van der Waals surface area contributed by atoms with E-state index in [1.165, 1.54) is 12.1 Å². The molecule has 5 heteroatoms. The maximum absolute atomic E-state index is 13.1. The van der Waals surface area contributed by atoms with Crippen molar-refractivity contribution in [1.82, 2.24) is 10.2 Å². The number of aryl methyl sites for hydroxylation is 1. The predicted molar refractivity (Wildman–Crippen MR) is 117 cm³/mol. The molecule has 0 aliphatic carbocycles. The topological polar surface area (TPSA) is 49.4 Å². The molecule has 0 saturated carbocycles. The molecule has 1 aliphatic rings. The molecule has 1 N–H and O–H groups in total. The number of rotatable bonds is 7. The van der Waals surface area contributed by atoms with Crippen LogP contribution in [0.1, 0.15) is 53.0 Å². The first-order valence-corrected chi connectivity index (χ1v) is 10.7. The maximum Gasteiger partial charge on any atom is 0.251 e. The molecule has 2 aromatic carbocycles. The van der Waals surface area contributed by atoms with Gasteiger partial charge < -0.3 is 10.2 Å². The summed E-state index contributed by atoms with van der Waals surface area (Å²) in [5.41, 5.74) is 2.39. The number of benzene rings is 2. The van der Waals surface area contributed by atoms with Crippen LogP contribution in [0.15, 0.2) is 48.5 Å². The molecule has 0 aromatic heterocycles. The minimum Gasteiger partial charge on any atom is -0.348 e. The van der Waals surface area contributed by atoms with Crippen molar-refractivity contribution in [3.05, 3.63) is 71.0 Å². The lowest BCUT2D eigenvalue weighted by Crippen LogP contribution is -2.49. The SMILES string of the molecule is Cc1ccc(C(=O)NC(CN2CCC(C(=O)c3ccc(F)cc3)CC2)C(C)C)cc1. The summed E-state index contributed by atoms with van der Waals surface area (Å²) in [4.78, 5) is 27.6. The third-order valence-electron chi connectivity index (χ3n) is 5.98. The molecule has 160 valence electrons. The zero-order chi connectivity index (χ0) is 21.7. The van der Waals surface area contributed by atoms with Crippen LogP contribution in [0, 0.1) is 24.6 Å².